The van der Waals surface area contributed by atoms with Crippen molar-refractivity contribution in [2.24, 2.45) is 0 Å². The fraction of sp³-hybridized carbons (Fsp3) is 0.125. The number of rotatable bonds is 3. The van der Waals surface area contributed by atoms with Gasteiger partial charge in [0.15, 0.2) is 0 Å². The van der Waals surface area contributed by atoms with E-state index in [0.717, 1.165) is 27.4 Å². The SMILES string of the molecule is Cc1ccc(OCc2cc3ccc(Cl)cc3[nH]2)cc1. The van der Waals surface area contributed by atoms with Gasteiger partial charge in [-0.3, -0.25) is 0 Å². The lowest BCUT2D eigenvalue weighted by Crippen LogP contribution is -1.95. The molecule has 0 radical (unpaired) electrons. The van der Waals surface area contributed by atoms with E-state index in [1.807, 2.05) is 42.5 Å². The van der Waals surface area contributed by atoms with Crippen LogP contribution in [0.3, 0.4) is 0 Å². The van der Waals surface area contributed by atoms with Crippen molar-refractivity contribution in [3.05, 3.63) is 64.8 Å². The third-order valence-electron chi connectivity index (χ3n) is 3.06. The summed E-state index contributed by atoms with van der Waals surface area (Å²) in [6.45, 7) is 2.58. The van der Waals surface area contributed by atoms with E-state index in [1.165, 1.54) is 5.56 Å². The molecule has 0 amide bonds. The molecule has 1 heterocycles. The molecule has 0 unspecified atom stereocenters. The van der Waals surface area contributed by atoms with Gasteiger partial charge in [-0.25, -0.2) is 0 Å². The summed E-state index contributed by atoms with van der Waals surface area (Å²) in [5, 5.41) is 1.88. The Bertz CT molecular complexity index is 700. The van der Waals surface area contributed by atoms with E-state index < -0.39 is 0 Å². The number of halogens is 1. The van der Waals surface area contributed by atoms with Crippen LogP contribution in [0.5, 0.6) is 5.75 Å². The van der Waals surface area contributed by atoms with Crippen LogP contribution in [0, 0.1) is 6.92 Å². The standard InChI is InChI=1S/C16H14ClNO/c1-11-2-6-15(7-3-11)19-10-14-8-12-4-5-13(17)9-16(12)18-14/h2-9,18H,10H2,1H3. The number of fused-ring (bicyclic) bond motifs is 1. The number of hydrogen-bond donors (Lipinski definition) is 1. The molecule has 1 aromatic heterocycles. The minimum Gasteiger partial charge on any atom is -0.487 e. The van der Waals surface area contributed by atoms with Crippen LogP contribution >= 0.6 is 11.6 Å². The van der Waals surface area contributed by atoms with Gasteiger partial charge in [-0.15, -0.1) is 0 Å². The van der Waals surface area contributed by atoms with Gasteiger partial charge >= 0.3 is 0 Å². The Labute approximate surface area is 117 Å². The highest BCUT2D eigenvalue weighted by Gasteiger charge is 2.02. The normalized spacial score (nSPS) is 10.8. The van der Waals surface area contributed by atoms with E-state index in [2.05, 4.69) is 18.0 Å². The van der Waals surface area contributed by atoms with Crippen molar-refractivity contribution >= 4 is 22.5 Å². The smallest absolute Gasteiger partial charge is 0.128 e. The van der Waals surface area contributed by atoms with Crippen molar-refractivity contribution in [3.63, 3.8) is 0 Å². The number of aromatic nitrogens is 1. The summed E-state index contributed by atoms with van der Waals surface area (Å²) in [4.78, 5) is 3.31. The maximum atomic E-state index is 5.96. The lowest BCUT2D eigenvalue weighted by molar-refractivity contribution is 0.302. The largest absolute Gasteiger partial charge is 0.487 e. The summed E-state index contributed by atoms with van der Waals surface area (Å²) in [5.74, 6) is 0.877. The molecule has 0 bridgehead atoms. The van der Waals surface area contributed by atoms with E-state index in [1.54, 1.807) is 0 Å². The Morgan fingerprint density at radius 3 is 2.63 bits per heavy atom. The number of aryl methyl sites for hydroxylation is 1. The van der Waals surface area contributed by atoms with Gasteiger partial charge < -0.3 is 9.72 Å². The molecule has 0 aliphatic heterocycles. The van der Waals surface area contributed by atoms with E-state index in [9.17, 15) is 0 Å². The zero-order valence-electron chi connectivity index (χ0n) is 10.6. The first-order valence-electron chi connectivity index (χ1n) is 6.17. The third-order valence-corrected chi connectivity index (χ3v) is 3.29. The molecule has 0 spiro atoms. The molecule has 3 aromatic rings. The van der Waals surface area contributed by atoms with Gasteiger partial charge in [0.1, 0.15) is 12.4 Å². The van der Waals surface area contributed by atoms with Crippen LogP contribution in [0.15, 0.2) is 48.5 Å². The molecule has 0 aliphatic carbocycles. The Balaban J connectivity index is 1.76. The predicted molar refractivity (Wildman–Crippen MR) is 78.8 cm³/mol. The maximum absolute atomic E-state index is 5.96. The average molecular weight is 272 g/mol. The molecule has 0 atom stereocenters. The molecular weight excluding hydrogens is 258 g/mol. The zero-order valence-corrected chi connectivity index (χ0v) is 11.4. The summed E-state index contributed by atoms with van der Waals surface area (Å²) in [7, 11) is 0. The average Bonchev–Trinajstić information content (AvgIpc) is 2.80. The second-order valence-corrected chi connectivity index (χ2v) is 5.06. The summed E-state index contributed by atoms with van der Waals surface area (Å²) >= 11 is 5.96. The Morgan fingerprint density at radius 1 is 1.05 bits per heavy atom. The first kappa shape index (κ1) is 12.1. The van der Waals surface area contributed by atoms with Crippen molar-refractivity contribution < 1.29 is 4.74 Å². The minimum atomic E-state index is 0.523. The molecule has 19 heavy (non-hydrogen) atoms. The van der Waals surface area contributed by atoms with E-state index in [4.69, 9.17) is 16.3 Å². The van der Waals surface area contributed by atoms with Crippen LogP contribution in [-0.4, -0.2) is 4.98 Å². The Kier molecular flexibility index (Phi) is 3.18. The summed E-state index contributed by atoms with van der Waals surface area (Å²) in [6.07, 6.45) is 0. The lowest BCUT2D eigenvalue weighted by Gasteiger charge is -2.04. The number of ether oxygens (including phenoxy) is 1. The number of aromatic amines is 1. The van der Waals surface area contributed by atoms with Crippen molar-refractivity contribution in [2.45, 2.75) is 13.5 Å². The first-order chi connectivity index (χ1) is 9.20. The van der Waals surface area contributed by atoms with E-state index in [0.29, 0.717) is 6.61 Å². The van der Waals surface area contributed by atoms with Gasteiger partial charge in [-0.05, 0) is 42.6 Å². The van der Waals surface area contributed by atoms with Crippen molar-refractivity contribution in [1.29, 1.82) is 0 Å². The number of H-pyrrole nitrogens is 1. The van der Waals surface area contributed by atoms with Gasteiger partial charge in [-0.2, -0.15) is 0 Å². The molecular formula is C16H14ClNO. The van der Waals surface area contributed by atoms with Gasteiger partial charge in [0.25, 0.3) is 0 Å². The fourth-order valence-electron chi connectivity index (χ4n) is 2.03. The predicted octanol–water partition coefficient (Wildman–Crippen LogP) is 4.71. The first-order valence-corrected chi connectivity index (χ1v) is 6.55. The number of nitrogens with one attached hydrogen (secondary N) is 1. The van der Waals surface area contributed by atoms with E-state index in [-0.39, 0.29) is 0 Å². The molecule has 0 saturated carbocycles. The Morgan fingerprint density at radius 2 is 1.84 bits per heavy atom. The second kappa shape index (κ2) is 4.98. The molecule has 3 rings (SSSR count). The van der Waals surface area contributed by atoms with Crippen LogP contribution < -0.4 is 4.74 Å². The quantitative estimate of drug-likeness (QED) is 0.733. The van der Waals surface area contributed by atoms with Gasteiger partial charge in [0, 0.05) is 10.5 Å². The van der Waals surface area contributed by atoms with Crippen LogP contribution in [0.4, 0.5) is 0 Å². The molecule has 1 N–H and O–H groups in total. The van der Waals surface area contributed by atoms with Crippen LogP contribution in [-0.2, 0) is 6.61 Å². The molecule has 0 saturated heterocycles. The highest BCUT2D eigenvalue weighted by atomic mass is 35.5. The van der Waals surface area contributed by atoms with Crippen LogP contribution in [0.1, 0.15) is 11.3 Å². The second-order valence-electron chi connectivity index (χ2n) is 4.63. The molecule has 0 aliphatic rings. The van der Waals surface area contributed by atoms with Crippen LogP contribution in [0.2, 0.25) is 5.02 Å². The summed E-state index contributed by atoms with van der Waals surface area (Å²) in [6, 6.07) is 15.9. The fourth-order valence-corrected chi connectivity index (χ4v) is 2.20. The maximum Gasteiger partial charge on any atom is 0.128 e. The van der Waals surface area contributed by atoms with E-state index >= 15 is 0 Å². The third kappa shape index (κ3) is 2.74. The Hall–Kier alpha value is -1.93. The summed E-state index contributed by atoms with van der Waals surface area (Å²) in [5.41, 5.74) is 3.31. The molecule has 2 nitrogen and oxygen atoms in total. The zero-order chi connectivity index (χ0) is 13.2. The minimum absolute atomic E-state index is 0.523. The number of hydrogen-bond acceptors (Lipinski definition) is 1. The van der Waals surface area contributed by atoms with Gasteiger partial charge in [0.2, 0.25) is 0 Å². The number of benzene rings is 2. The van der Waals surface area contributed by atoms with Crippen molar-refractivity contribution in [1.82, 2.24) is 4.98 Å². The molecule has 0 fully saturated rings. The molecule has 3 heteroatoms. The molecule has 96 valence electrons. The highest BCUT2D eigenvalue weighted by molar-refractivity contribution is 6.31. The monoisotopic (exact) mass is 271 g/mol. The van der Waals surface area contributed by atoms with Crippen molar-refractivity contribution in [2.75, 3.05) is 0 Å². The topological polar surface area (TPSA) is 25.0 Å². The molecule has 2 aromatic carbocycles. The summed E-state index contributed by atoms with van der Waals surface area (Å²) < 4.78 is 5.74. The van der Waals surface area contributed by atoms with Gasteiger partial charge in [-0.1, -0.05) is 35.4 Å². The van der Waals surface area contributed by atoms with Gasteiger partial charge in [0.05, 0.1) is 5.69 Å². The lowest BCUT2D eigenvalue weighted by atomic mass is 10.2. The highest BCUT2D eigenvalue weighted by Crippen LogP contribution is 2.21. The van der Waals surface area contributed by atoms with Crippen LogP contribution in [0.25, 0.3) is 10.9 Å². The van der Waals surface area contributed by atoms with Crippen molar-refractivity contribution in [3.8, 4) is 5.75 Å².